The molecule has 1 aliphatic rings. The highest BCUT2D eigenvalue weighted by Gasteiger charge is 2.33. The molecule has 7 nitrogen and oxygen atoms in total. The Morgan fingerprint density at radius 2 is 1.79 bits per heavy atom. The third-order valence-corrected chi connectivity index (χ3v) is 9.48. The minimum absolute atomic E-state index is 0.0775. The Bertz CT molecular complexity index is 1770. The Morgan fingerprint density at radius 3 is 2.43 bits per heavy atom. The lowest BCUT2D eigenvalue weighted by molar-refractivity contribution is -0.124. The molecule has 2 heterocycles. The first-order valence-corrected chi connectivity index (χ1v) is 15.1. The molecule has 216 valence electrons. The number of thiophene rings is 1. The summed E-state index contributed by atoms with van der Waals surface area (Å²) in [5.41, 5.74) is 2.74. The van der Waals surface area contributed by atoms with Gasteiger partial charge in [0.15, 0.2) is 6.10 Å². The van der Waals surface area contributed by atoms with E-state index in [1.807, 2.05) is 42.5 Å². The monoisotopic (exact) mass is 581 g/mol. The Morgan fingerprint density at radius 1 is 1.12 bits per heavy atom. The number of rotatable bonds is 6. The Kier molecular flexibility index (Phi) is 8.07. The maximum Gasteiger partial charge on any atom is 0.356 e. The molecular weight excluding hydrogens is 546 g/mol. The zero-order valence-electron chi connectivity index (χ0n) is 24.6. The van der Waals surface area contributed by atoms with Crippen LogP contribution in [0.15, 0.2) is 59.4 Å². The zero-order valence-corrected chi connectivity index (χ0v) is 25.4. The molecule has 2 atom stereocenters. The summed E-state index contributed by atoms with van der Waals surface area (Å²) in [5, 5.41) is 14.5. The molecule has 1 amide bonds. The lowest BCUT2D eigenvalue weighted by atomic mass is 9.72. The molecule has 0 bridgehead atoms. The highest BCUT2D eigenvalue weighted by atomic mass is 32.1. The Labute approximate surface area is 249 Å². The number of ether oxygens (including phenoxy) is 1. The molecule has 42 heavy (non-hydrogen) atoms. The quantitative estimate of drug-likeness (QED) is 0.251. The minimum atomic E-state index is -1.12. The van der Waals surface area contributed by atoms with E-state index in [1.165, 1.54) is 15.9 Å². The maximum absolute atomic E-state index is 13.8. The van der Waals surface area contributed by atoms with Gasteiger partial charge in [-0.3, -0.25) is 9.59 Å². The summed E-state index contributed by atoms with van der Waals surface area (Å²) in [7, 11) is 1.54. The second-order valence-corrected chi connectivity index (χ2v) is 13.0. The van der Waals surface area contributed by atoms with Crippen LogP contribution in [0.1, 0.15) is 67.0 Å². The normalized spacial score (nSPS) is 15.5. The number of esters is 1. The number of carbonyl (C=O) groups excluding carboxylic acids is 2. The van der Waals surface area contributed by atoms with Crippen molar-refractivity contribution in [1.82, 2.24) is 4.57 Å². The van der Waals surface area contributed by atoms with Crippen molar-refractivity contribution < 1.29 is 14.3 Å². The van der Waals surface area contributed by atoms with Gasteiger partial charge in [-0.05, 0) is 59.6 Å². The van der Waals surface area contributed by atoms with Crippen molar-refractivity contribution >= 4 is 39.0 Å². The van der Waals surface area contributed by atoms with Crippen LogP contribution in [0.5, 0.6) is 0 Å². The van der Waals surface area contributed by atoms with E-state index in [-0.39, 0.29) is 23.1 Å². The van der Waals surface area contributed by atoms with Gasteiger partial charge in [0, 0.05) is 22.9 Å². The number of amides is 1. The molecule has 0 aliphatic heterocycles. The van der Waals surface area contributed by atoms with Gasteiger partial charge in [-0.15, -0.1) is 11.3 Å². The molecule has 4 aromatic rings. The Hall–Kier alpha value is -4.22. The van der Waals surface area contributed by atoms with E-state index in [1.54, 1.807) is 26.1 Å². The predicted molar refractivity (Wildman–Crippen MR) is 167 cm³/mol. The van der Waals surface area contributed by atoms with E-state index in [9.17, 15) is 19.6 Å². The summed E-state index contributed by atoms with van der Waals surface area (Å²) in [6, 6.07) is 18.8. The van der Waals surface area contributed by atoms with Crippen LogP contribution in [0.2, 0.25) is 0 Å². The second-order valence-electron chi connectivity index (χ2n) is 11.9. The molecule has 0 saturated carbocycles. The van der Waals surface area contributed by atoms with Crippen molar-refractivity contribution in [1.29, 1.82) is 5.26 Å². The molecule has 2 unspecified atom stereocenters. The molecular formula is C34H35N3O4S. The van der Waals surface area contributed by atoms with Gasteiger partial charge < -0.3 is 14.6 Å². The number of benzene rings is 2. The first-order chi connectivity index (χ1) is 20.0. The van der Waals surface area contributed by atoms with Crippen LogP contribution in [0.25, 0.3) is 21.9 Å². The van der Waals surface area contributed by atoms with Crippen LogP contribution in [-0.4, -0.2) is 22.5 Å². The van der Waals surface area contributed by atoms with Crippen molar-refractivity contribution in [3.05, 3.63) is 86.6 Å². The van der Waals surface area contributed by atoms with Crippen molar-refractivity contribution in [2.75, 3.05) is 5.32 Å². The largest absolute Gasteiger partial charge is 0.448 e. The lowest BCUT2D eigenvalue weighted by Gasteiger charge is -2.33. The molecule has 5 rings (SSSR count). The molecule has 2 aromatic heterocycles. The van der Waals surface area contributed by atoms with Crippen molar-refractivity contribution in [2.45, 2.75) is 59.5 Å². The third kappa shape index (κ3) is 5.37. The smallest absolute Gasteiger partial charge is 0.356 e. The number of aromatic nitrogens is 1. The number of nitriles is 1. The lowest BCUT2D eigenvalue weighted by Crippen LogP contribution is -2.34. The molecule has 1 N–H and O–H groups in total. The second kappa shape index (κ2) is 11.6. The van der Waals surface area contributed by atoms with Gasteiger partial charge >= 0.3 is 5.97 Å². The highest BCUT2D eigenvalue weighted by Crippen LogP contribution is 2.44. The fourth-order valence-electron chi connectivity index (χ4n) is 5.83. The van der Waals surface area contributed by atoms with Crippen LogP contribution >= 0.6 is 11.3 Å². The molecule has 1 aliphatic carbocycles. The van der Waals surface area contributed by atoms with Crippen LogP contribution < -0.4 is 10.9 Å². The van der Waals surface area contributed by atoms with Crippen LogP contribution in [0, 0.1) is 22.7 Å². The first kappa shape index (κ1) is 29.3. The van der Waals surface area contributed by atoms with E-state index in [0.717, 1.165) is 35.3 Å². The van der Waals surface area contributed by atoms with E-state index in [2.05, 4.69) is 32.2 Å². The first-order valence-electron chi connectivity index (χ1n) is 14.3. The predicted octanol–water partition coefficient (Wildman–Crippen LogP) is 6.86. The van der Waals surface area contributed by atoms with Gasteiger partial charge in [0.25, 0.3) is 11.5 Å². The number of hydrogen-bond donors (Lipinski definition) is 1. The molecule has 0 saturated heterocycles. The SMILES string of the molecule is CCC(OC(=O)c1c(-c2ccccc2)c2ccccc2c(=O)n1C)C(=O)Nc1sc2c(c1C#N)CCC(C(C)(C)C)C2. The van der Waals surface area contributed by atoms with Gasteiger partial charge in [0.1, 0.15) is 16.8 Å². The van der Waals surface area contributed by atoms with Crippen LogP contribution in [0.4, 0.5) is 5.00 Å². The topological polar surface area (TPSA) is 101 Å². The minimum Gasteiger partial charge on any atom is -0.448 e. The zero-order chi connectivity index (χ0) is 30.2. The number of pyridine rings is 1. The number of fused-ring (bicyclic) bond motifs is 2. The van der Waals surface area contributed by atoms with E-state index in [4.69, 9.17) is 4.74 Å². The summed E-state index contributed by atoms with van der Waals surface area (Å²) in [4.78, 5) is 41.7. The van der Waals surface area contributed by atoms with Crippen LogP contribution in [0.3, 0.4) is 0 Å². The number of carbonyl (C=O) groups is 2. The van der Waals surface area contributed by atoms with Gasteiger partial charge in [0.05, 0.1) is 5.56 Å². The Balaban J connectivity index is 1.46. The molecule has 2 aromatic carbocycles. The fraction of sp³-hybridized carbons (Fsp3) is 0.353. The van der Waals surface area contributed by atoms with Gasteiger partial charge in [-0.1, -0.05) is 76.2 Å². The number of nitrogens with one attached hydrogen (secondary N) is 1. The molecule has 0 fully saturated rings. The van der Waals surface area contributed by atoms with E-state index < -0.39 is 18.0 Å². The van der Waals surface area contributed by atoms with Crippen molar-refractivity contribution in [3.63, 3.8) is 0 Å². The summed E-state index contributed by atoms with van der Waals surface area (Å²) in [5.74, 6) is -0.768. The molecule has 0 spiro atoms. The van der Waals surface area contributed by atoms with Gasteiger partial charge in [0.2, 0.25) is 0 Å². The van der Waals surface area contributed by atoms with Gasteiger partial charge in [-0.25, -0.2) is 4.79 Å². The summed E-state index contributed by atoms with van der Waals surface area (Å²) in [6.07, 6.45) is 1.78. The number of hydrogen-bond acceptors (Lipinski definition) is 6. The standard InChI is InChI=1S/C34H35N3O4S/c1-6-26(30(38)36-31-25(19-35)22-17-16-21(34(2,3)4)18-27(22)42-31)41-33(40)29-28(20-12-8-7-9-13-20)23-14-10-11-15-24(23)32(39)37(29)5/h7-15,21,26H,6,16-18H2,1-5H3,(H,36,38). The van der Waals surface area contributed by atoms with Crippen molar-refractivity contribution in [2.24, 2.45) is 18.4 Å². The van der Waals surface area contributed by atoms with Gasteiger partial charge in [-0.2, -0.15) is 5.26 Å². The average molecular weight is 582 g/mol. The molecule has 8 heteroatoms. The third-order valence-electron chi connectivity index (χ3n) is 8.31. The molecule has 0 radical (unpaired) electrons. The fourth-order valence-corrected chi connectivity index (χ4v) is 7.11. The van der Waals surface area contributed by atoms with Crippen molar-refractivity contribution in [3.8, 4) is 17.2 Å². The van der Waals surface area contributed by atoms with E-state index in [0.29, 0.717) is 32.8 Å². The summed E-state index contributed by atoms with van der Waals surface area (Å²) >= 11 is 1.44. The number of anilines is 1. The average Bonchev–Trinajstić information content (AvgIpc) is 3.33. The van der Waals surface area contributed by atoms with Crippen LogP contribution in [-0.2, 0) is 29.4 Å². The summed E-state index contributed by atoms with van der Waals surface area (Å²) in [6.45, 7) is 8.46. The van der Waals surface area contributed by atoms with E-state index >= 15 is 0 Å². The maximum atomic E-state index is 13.8. The number of nitrogens with zero attached hydrogens (tertiary/aromatic N) is 2. The highest BCUT2D eigenvalue weighted by molar-refractivity contribution is 7.16. The summed E-state index contributed by atoms with van der Waals surface area (Å²) < 4.78 is 7.11.